The van der Waals surface area contributed by atoms with Crippen molar-refractivity contribution in [2.24, 2.45) is 0 Å². The minimum absolute atomic E-state index is 0.0889. The molecule has 0 aromatic heterocycles. The van der Waals surface area contributed by atoms with Crippen molar-refractivity contribution in [3.05, 3.63) is 70.8 Å². The molecule has 1 unspecified atom stereocenters. The van der Waals surface area contributed by atoms with E-state index >= 15 is 0 Å². The number of benzene rings is 2. The van der Waals surface area contributed by atoms with Crippen molar-refractivity contribution in [2.45, 2.75) is 52.0 Å². The molecule has 29 heavy (non-hydrogen) atoms. The van der Waals surface area contributed by atoms with Crippen LogP contribution in [-0.2, 0) is 10.2 Å². The number of fused-ring (bicyclic) bond motifs is 1. The molecule has 2 aromatic carbocycles. The van der Waals surface area contributed by atoms with Crippen LogP contribution in [0.15, 0.2) is 48.5 Å². The van der Waals surface area contributed by atoms with Gasteiger partial charge in [0, 0.05) is 13.0 Å². The van der Waals surface area contributed by atoms with Gasteiger partial charge in [-0.2, -0.15) is 0 Å². The normalized spacial score (nSPS) is 14.7. The smallest absolute Gasteiger partial charge is 0.261 e. The van der Waals surface area contributed by atoms with Gasteiger partial charge in [0.2, 0.25) is 5.91 Å². The molecule has 2 aromatic rings. The molecule has 0 saturated heterocycles. The molecule has 0 aliphatic carbocycles. The minimum atomic E-state index is -0.279. The summed E-state index contributed by atoms with van der Waals surface area (Å²) in [5.74, 6) is -0.648. The van der Waals surface area contributed by atoms with Crippen LogP contribution >= 0.6 is 0 Å². The molecule has 1 aliphatic heterocycles. The fraction of sp³-hybridized carbons (Fsp3) is 0.375. The van der Waals surface area contributed by atoms with Crippen molar-refractivity contribution < 1.29 is 14.4 Å². The Morgan fingerprint density at radius 3 is 2.03 bits per heavy atom. The van der Waals surface area contributed by atoms with Crippen LogP contribution in [0.1, 0.15) is 78.4 Å². The van der Waals surface area contributed by atoms with Gasteiger partial charge >= 0.3 is 0 Å². The molecule has 0 bridgehead atoms. The van der Waals surface area contributed by atoms with E-state index in [-0.39, 0.29) is 42.1 Å². The van der Waals surface area contributed by atoms with Crippen LogP contribution in [0.5, 0.6) is 0 Å². The standard InChI is InChI=1S/C24H28N2O3/c1-16(17-11-13-18(14-12-17)24(2,3)4)25-21(27)10-7-15-26-22(28)19-8-5-6-9-20(19)23(26)29/h5-6,8-9,11-14,16H,7,10,15H2,1-4H3,(H,25,27). The van der Waals surface area contributed by atoms with E-state index < -0.39 is 0 Å². The van der Waals surface area contributed by atoms with Crippen LogP contribution in [-0.4, -0.2) is 29.2 Å². The number of rotatable bonds is 6. The van der Waals surface area contributed by atoms with Crippen LogP contribution in [0.2, 0.25) is 0 Å². The van der Waals surface area contributed by atoms with Crippen LogP contribution < -0.4 is 5.32 Å². The molecule has 1 heterocycles. The highest BCUT2D eigenvalue weighted by Crippen LogP contribution is 2.24. The Morgan fingerprint density at radius 1 is 0.966 bits per heavy atom. The molecule has 1 atom stereocenters. The Hall–Kier alpha value is -2.95. The van der Waals surface area contributed by atoms with E-state index in [1.165, 1.54) is 10.5 Å². The number of hydrogen-bond donors (Lipinski definition) is 1. The topological polar surface area (TPSA) is 66.5 Å². The lowest BCUT2D eigenvalue weighted by Crippen LogP contribution is -2.32. The number of imide groups is 1. The molecular weight excluding hydrogens is 364 g/mol. The monoisotopic (exact) mass is 392 g/mol. The van der Waals surface area contributed by atoms with E-state index in [4.69, 9.17) is 0 Å². The van der Waals surface area contributed by atoms with Gasteiger partial charge in [0.05, 0.1) is 17.2 Å². The molecule has 1 N–H and O–H groups in total. The molecule has 0 spiro atoms. The second kappa shape index (κ2) is 8.19. The van der Waals surface area contributed by atoms with Gasteiger partial charge < -0.3 is 5.32 Å². The summed E-state index contributed by atoms with van der Waals surface area (Å²) in [4.78, 5) is 38.2. The van der Waals surface area contributed by atoms with Crippen LogP contribution in [0.4, 0.5) is 0 Å². The van der Waals surface area contributed by atoms with E-state index in [2.05, 4.69) is 38.2 Å². The Morgan fingerprint density at radius 2 is 1.52 bits per heavy atom. The third kappa shape index (κ3) is 4.56. The molecule has 5 nitrogen and oxygen atoms in total. The van der Waals surface area contributed by atoms with Crippen molar-refractivity contribution in [1.82, 2.24) is 10.2 Å². The molecule has 3 rings (SSSR count). The Bertz CT molecular complexity index is 891. The summed E-state index contributed by atoms with van der Waals surface area (Å²) in [5.41, 5.74) is 3.27. The molecule has 0 radical (unpaired) electrons. The van der Waals surface area contributed by atoms with Gasteiger partial charge in [-0.25, -0.2) is 0 Å². The lowest BCUT2D eigenvalue weighted by Gasteiger charge is -2.21. The summed E-state index contributed by atoms with van der Waals surface area (Å²) in [5, 5.41) is 2.99. The molecule has 0 saturated carbocycles. The highest BCUT2D eigenvalue weighted by Gasteiger charge is 2.34. The zero-order valence-corrected chi connectivity index (χ0v) is 17.5. The van der Waals surface area contributed by atoms with Crippen LogP contribution in [0.3, 0.4) is 0 Å². The predicted molar refractivity (Wildman–Crippen MR) is 113 cm³/mol. The first kappa shape index (κ1) is 20.8. The summed E-state index contributed by atoms with van der Waals surface area (Å²) in [6.45, 7) is 8.70. The van der Waals surface area contributed by atoms with Gasteiger partial charge in [-0.05, 0) is 42.0 Å². The second-order valence-corrected chi connectivity index (χ2v) is 8.57. The number of carbonyl (C=O) groups excluding carboxylic acids is 3. The zero-order chi connectivity index (χ0) is 21.2. The van der Waals surface area contributed by atoms with Crippen molar-refractivity contribution in [3.63, 3.8) is 0 Å². The van der Waals surface area contributed by atoms with Crippen molar-refractivity contribution in [3.8, 4) is 0 Å². The Balaban J connectivity index is 1.49. The Labute approximate surface area is 172 Å². The fourth-order valence-electron chi connectivity index (χ4n) is 3.51. The van der Waals surface area contributed by atoms with Crippen molar-refractivity contribution in [1.29, 1.82) is 0 Å². The number of nitrogens with zero attached hydrogens (tertiary/aromatic N) is 1. The zero-order valence-electron chi connectivity index (χ0n) is 17.5. The first-order chi connectivity index (χ1) is 13.7. The maximum Gasteiger partial charge on any atom is 0.261 e. The first-order valence-electron chi connectivity index (χ1n) is 10.0. The number of amides is 3. The first-order valence-corrected chi connectivity index (χ1v) is 10.0. The summed E-state index contributed by atoms with van der Waals surface area (Å²) >= 11 is 0. The van der Waals surface area contributed by atoms with E-state index in [0.717, 1.165) is 5.56 Å². The molecule has 1 aliphatic rings. The average Bonchev–Trinajstić information content (AvgIpc) is 2.92. The quantitative estimate of drug-likeness (QED) is 0.748. The van der Waals surface area contributed by atoms with Gasteiger partial charge in [-0.15, -0.1) is 0 Å². The molecule has 3 amide bonds. The fourth-order valence-corrected chi connectivity index (χ4v) is 3.51. The molecular formula is C24H28N2O3. The van der Waals surface area contributed by atoms with Gasteiger partial charge in [0.15, 0.2) is 0 Å². The number of nitrogens with one attached hydrogen (secondary N) is 1. The molecule has 0 fully saturated rings. The summed E-state index contributed by atoms with van der Waals surface area (Å²) in [7, 11) is 0. The van der Waals surface area contributed by atoms with E-state index in [1.54, 1.807) is 24.3 Å². The predicted octanol–water partition coefficient (Wildman–Crippen LogP) is 4.24. The van der Waals surface area contributed by atoms with Gasteiger partial charge in [-0.3, -0.25) is 19.3 Å². The summed E-state index contributed by atoms with van der Waals surface area (Å²) in [6, 6.07) is 15.0. The third-order valence-corrected chi connectivity index (χ3v) is 5.32. The third-order valence-electron chi connectivity index (χ3n) is 5.32. The lowest BCUT2D eigenvalue weighted by molar-refractivity contribution is -0.121. The van der Waals surface area contributed by atoms with E-state index in [1.807, 2.05) is 19.1 Å². The number of carbonyl (C=O) groups is 3. The van der Waals surface area contributed by atoms with Gasteiger partial charge in [-0.1, -0.05) is 57.2 Å². The van der Waals surface area contributed by atoms with Crippen LogP contribution in [0.25, 0.3) is 0 Å². The highest BCUT2D eigenvalue weighted by molar-refractivity contribution is 6.21. The summed E-state index contributed by atoms with van der Waals surface area (Å²) < 4.78 is 0. The molecule has 5 heteroatoms. The maximum absolute atomic E-state index is 12.3. The number of hydrogen-bond acceptors (Lipinski definition) is 3. The maximum atomic E-state index is 12.3. The SMILES string of the molecule is CC(NC(=O)CCCN1C(=O)c2ccccc2C1=O)c1ccc(C(C)(C)C)cc1. The van der Waals surface area contributed by atoms with Crippen LogP contribution in [0, 0.1) is 0 Å². The minimum Gasteiger partial charge on any atom is -0.350 e. The summed E-state index contributed by atoms with van der Waals surface area (Å²) in [6.07, 6.45) is 0.699. The van der Waals surface area contributed by atoms with Gasteiger partial charge in [0.25, 0.3) is 11.8 Å². The van der Waals surface area contributed by atoms with E-state index in [0.29, 0.717) is 17.5 Å². The second-order valence-electron chi connectivity index (χ2n) is 8.57. The Kier molecular flexibility index (Phi) is 5.87. The molecule has 152 valence electrons. The van der Waals surface area contributed by atoms with Crippen molar-refractivity contribution >= 4 is 17.7 Å². The largest absolute Gasteiger partial charge is 0.350 e. The van der Waals surface area contributed by atoms with Crippen molar-refractivity contribution in [2.75, 3.05) is 6.54 Å². The lowest BCUT2D eigenvalue weighted by atomic mass is 9.86. The van der Waals surface area contributed by atoms with Gasteiger partial charge in [0.1, 0.15) is 0 Å². The average molecular weight is 392 g/mol. The highest BCUT2D eigenvalue weighted by atomic mass is 16.2. The van der Waals surface area contributed by atoms with E-state index in [9.17, 15) is 14.4 Å².